The Bertz CT molecular complexity index is 539. The molecule has 1 aromatic heterocycles. The lowest BCUT2D eigenvalue weighted by Gasteiger charge is -2.13. The van der Waals surface area contributed by atoms with E-state index in [0.717, 1.165) is 21.6 Å². The van der Waals surface area contributed by atoms with Gasteiger partial charge in [-0.3, -0.25) is 4.68 Å². The molecule has 0 saturated carbocycles. The minimum Gasteiger partial charge on any atom is -0.306 e. The highest BCUT2D eigenvalue weighted by Crippen LogP contribution is 2.21. The standard InChI is InChI=1S/C13H15BrClN3/c1-9(11-7-17-18(2)8-11)16-6-10-5-12(14)3-4-13(10)15/h3-5,7-9,16H,6H2,1-2H3/t9-/m1/s1. The summed E-state index contributed by atoms with van der Waals surface area (Å²) in [4.78, 5) is 0. The Morgan fingerprint density at radius 1 is 1.50 bits per heavy atom. The lowest BCUT2D eigenvalue weighted by atomic mass is 10.1. The summed E-state index contributed by atoms with van der Waals surface area (Å²) in [7, 11) is 1.92. The van der Waals surface area contributed by atoms with Crippen molar-refractivity contribution in [1.82, 2.24) is 15.1 Å². The molecule has 2 aromatic rings. The van der Waals surface area contributed by atoms with Crippen LogP contribution in [0.15, 0.2) is 35.1 Å². The van der Waals surface area contributed by atoms with Crippen LogP contribution in [0.5, 0.6) is 0 Å². The second-order valence-electron chi connectivity index (χ2n) is 4.29. The van der Waals surface area contributed by atoms with Gasteiger partial charge in [-0.15, -0.1) is 0 Å². The Kier molecular flexibility index (Phi) is 4.43. The van der Waals surface area contributed by atoms with Gasteiger partial charge in [0.25, 0.3) is 0 Å². The second-order valence-corrected chi connectivity index (χ2v) is 5.61. The molecule has 0 aliphatic rings. The zero-order chi connectivity index (χ0) is 13.1. The minimum atomic E-state index is 0.244. The van der Waals surface area contributed by atoms with Gasteiger partial charge in [0, 0.05) is 40.9 Å². The molecular formula is C13H15BrClN3. The molecule has 0 aliphatic heterocycles. The quantitative estimate of drug-likeness (QED) is 0.927. The summed E-state index contributed by atoms with van der Waals surface area (Å²) < 4.78 is 2.84. The highest BCUT2D eigenvalue weighted by Gasteiger charge is 2.08. The van der Waals surface area contributed by atoms with Crippen molar-refractivity contribution in [2.45, 2.75) is 19.5 Å². The Morgan fingerprint density at radius 3 is 2.94 bits per heavy atom. The summed E-state index contributed by atoms with van der Waals surface area (Å²) in [6.45, 7) is 2.84. The van der Waals surface area contributed by atoms with Crippen LogP contribution >= 0.6 is 27.5 Å². The zero-order valence-electron chi connectivity index (χ0n) is 10.3. The molecule has 1 heterocycles. The van der Waals surface area contributed by atoms with Crippen LogP contribution in [-0.4, -0.2) is 9.78 Å². The molecule has 0 aliphatic carbocycles. The van der Waals surface area contributed by atoms with Crippen LogP contribution in [0, 0.1) is 0 Å². The van der Waals surface area contributed by atoms with Crippen LogP contribution < -0.4 is 5.32 Å². The first-order valence-corrected chi connectivity index (χ1v) is 6.89. The molecule has 0 amide bonds. The third-order valence-electron chi connectivity index (χ3n) is 2.83. The van der Waals surface area contributed by atoms with Gasteiger partial charge in [-0.1, -0.05) is 27.5 Å². The first-order chi connectivity index (χ1) is 8.56. The molecule has 0 fully saturated rings. The van der Waals surface area contributed by atoms with Crippen molar-refractivity contribution in [3.05, 3.63) is 51.2 Å². The molecule has 3 nitrogen and oxygen atoms in total. The molecule has 1 atom stereocenters. The van der Waals surface area contributed by atoms with Gasteiger partial charge in [0.2, 0.25) is 0 Å². The maximum Gasteiger partial charge on any atom is 0.0537 e. The van der Waals surface area contributed by atoms with E-state index in [1.165, 1.54) is 5.56 Å². The van der Waals surface area contributed by atoms with E-state index in [-0.39, 0.29) is 6.04 Å². The summed E-state index contributed by atoms with van der Waals surface area (Å²) in [6.07, 6.45) is 3.89. The van der Waals surface area contributed by atoms with Gasteiger partial charge in [-0.2, -0.15) is 5.10 Å². The lowest BCUT2D eigenvalue weighted by Crippen LogP contribution is -2.17. The Labute approximate surface area is 120 Å². The maximum atomic E-state index is 6.15. The van der Waals surface area contributed by atoms with Crippen LogP contribution in [0.3, 0.4) is 0 Å². The lowest BCUT2D eigenvalue weighted by molar-refractivity contribution is 0.574. The molecular weight excluding hydrogens is 314 g/mol. The van der Waals surface area contributed by atoms with Crippen molar-refractivity contribution < 1.29 is 0 Å². The first-order valence-electron chi connectivity index (χ1n) is 5.72. The van der Waals surface area contributed by atoms with E-state index >= 15 is 0 Å². The van der Waals surface area contributed by atoms with Crippen LogP contribution in [0.25, 0.3) is 0 Å². The molecule has 5 heteroatoms. The summed E-state index contributed by atoms with van der Waals surface area (Å²) in [5, 5.41) is 8.39. The number of aryl methyl sites for hydroxylation is 1. The average Bonchev–Trinajstić information content (AvgIpc) is 2.77. The predicted molar refractivity (Wildman–Crippen MR) is 77.6 cm³/mol. The van der Waals surface area contributed by atoms with Gasteiger partial charge in [0.15, 0.2) is 0 Å². The van der Waals surface area contributed by atoms with Gasteiger partial charge in [0.05, 0.1) is 6.20 Å². The van der Waals surface area contributed by atoms with Crippen molar-refractivity contribution in [3.8, 4) is 0 Å². The number of nitrogens with zero attached hydrogens (tertiary/aromatic N) is 2. The highest BCUT2D eigenvalue weighted by molar-refractivity contribution is 9.10. The normalized spacial score (nSPS) is 12.7. The van der Waals surface area contributed by atoms with Crippen molar-refractivity contribution in [1.29, 1.82) is 0 Å². The fourth-order valence-electron chi connectivity index (χ4n) is 1.72. The number of nitrogens with one attached hydrogen (secondary N) is 1. The monoisotopic (exact) mass is 327 g/mol. The smallest absolute Gasteiger partial charge is 0.0537 e. The van der Waals surface area contributed by atoms with Gasteiger partial charge in [-0.25, -0.2) is 0 Å². The summed E-state index contributed by atoms with van der Waals surface area (Å²) in [5.41, 5.74) is 2.26. The summed E-state index contributed by atoms with van der Waals surface area (Å²) in [6, 6.07) is 6.12. The number of aromatic nitrogens is 2. The largest absolute Gasteiger partial charge is 0.306 e. The molecule has 18 heavy (non-hydrogen) atoms. The average molecular weight is 329 g/mol. The summed E-state index contributed by atoms with van der Waals surface area (Å²) in [5.74, 6) is 0. The number of hydrogen-bond acceptors (Lipinski definition) is 2. The van der Waals surface area contributed by atoms with E-state index in [0.29, 0.717) is 0 Å². The van der Waals surface area contributed by atoms with E-state index in [1.807, 2.05) is 37.6 Å². The highest BCUT2D eigenvalue weighted by atomic mass is 79.9. The fraction of sp³-hybridized carbons (Fsp3) is 0.308. The SMILES string of the molecule is C[C@@H](NCc1cc(Br)ccc1Cl)c1cnn(C)c1. The van der Waals surface area contributed by atoms with E-state index < -0.39 is 0 Å². The van der Waals surface area contributed by atoms with Gasteiger partial charge in [-0.05, 0) is 30.7 Å². The fourth-order valence-corrected chi connectivity index (χ4v) is 2.32. The van der Waals surface area contributed by atoms with E-state index in [4.69, 9.17) is 11.6 Å². The van der Waals surface area contributed by atoms with E-state index in [1.54, 1.807) is 4.68 Å². The van der Waals surface area contributed by atoms with Gasteiger partial charge >= 0.3 is 0 Å². The predicted octanol–water partition coefficient (Wildman–Crippen LogP) is 3.69. The van der Waals surface area contributed by atoms with Crippen LogP contribution in [0.2, 0.25) is 5.02 Å². The van der Waals surface area contributed by atoms with Crippen molar-refractivity contribution in [3.63, 3.8) is 0 Å². The second kappa shape index (κ2) is 5.87. The molecule has 0 radical (unpaired) electrons. The third kappa shape index (κ3) is 3.34. The zero-order valence-corrected chi connectivity index (χ0v) is 12.7. The number of hydrogen-bond donors (Lipinski definition) is 1. The molecule has 0 bridgehead atoms. The van der Waals surface area contributed by atoms with Crippen molar-refractivity contribution in [2.24, 2.45) is 7.05 Å². The van der Waals surface area contributed by atoms with E-state index in [9.17, 15) is 0 Å². The van der Waals surface area contributed by atoms with Gasteiger partial charge in [0.1, 0.15) is 0 Å². The Hall–Kier alpha value is -0.840. The Morgan fingerprint density at radius 2 is 2.28 bits per heavy atom. The van der Waals surface area contributed by atoms with Crippen molar-refractivity contribution >= 4 is 27.5 Å². The van der Waals surface area contributed by atoms with Crippen LogP contribution in [0.1, 0.15) is 24.1 Å². The number of benzene rings is 1. The van der Waals surface area contributed by atoms with Crippen LogP contribution in [0.4, 0.5) is 0 Å². The molecule has 96 valence electrons. The molecule has 0 saturated heterocycles. The maximum absolute atomic E-state index is 6.15. The third-order valence-corrected chi connectivity index (χ3v) is 3.69. The molecule has 0 spiro atoms. The van der Waals surface area contributed by atoms with Gasteiger partial charge < -0.3 is 5.32 Å². The number of halogens is 2. The molecule has 1 aromatic carbocycles. The van der Waals surface area contributed by atoms with E-state index in [2.05, 4.69) is 33.3 Å². The minimum absolute atomic E-state index is 0.244. The summed E-state index contributed by atoms with van der Waals surface area (Å²) >= 11 is 9.60. The topological polar surface area (TPSA) is 29.9 Å². The number of rotatable bonds is 4. The van der Waals surface area contributed by atoms with Crippen molar-refractivity contribution in [2.75, 3.05) is 0 Å². The molecule has 1 N–H and O–H groups in total. The first kappa shape index (κ1) is 13.6. The van der Waals surface area contributed by atoms with Crippen LogP contribution in [-0.2, 0) is 13.6 Å². The Balaban J connectivity index is 2.01. The molecule has 2 rings (SSSR count). The molecule has 0 unspecified atom stereocenters.